The normalized spacial score (nSPS) is 27.9. The Morgan fingerprint density at radius 1 is 1.45 bits per heavy atom. The zero-order valence-electron chi connectivity index (χ0n) is 12.8. The number of carbonyl (C=O) groups excluding carboxylic acids is 1. The van der Waals surface area contributed by atoms with E-state index in [1.54, 1.807) is 0 Å². The Hall–Kier alpha value is -1.35. The lowest BCUT2D eigenvalue weighted by molar-refractivity contribution is -0.119. The molecule has 1 heterocycles. The first-order chi connectivity index (χ1) is 9.45. The molecule has 0 bridgehead atoms. The highest BCUT2D eigenvalue weighted by atomic mass is 16.2. The van der Waals surface area contributed by atoms with E-state index in [0.29, 0.717) is 6.04 Å². The van der Waals surface area contributed by atoms with Gasteiger partial charge < -0.3 is 10.6 Å². The standard InChI is InChI=1S/C17H24N2O/c1-5-18-15(12-8-10(12)2)11-6-7-14-13(9-11)17(3,4)16(20)19-14/h6-7,9-10,12,15,18H,5,8H2,1-4H3,(H,19,20). The van der Waals surface area contributed by atoms with Gasteiger partial charge in [0.05, 0.1) is 5.41 Å². The second kappa shape index (κ2) is 4.59. The first-order valence-corrected chi connectivity index (χ1v) is 7.64. The van der Waals surface area contributed by atoms with Crippen molar-refractivity contribution in [2.45, 2.75) is 45.6 Å². The number of amides is 1. The maximum atomic E-state index is 12.0. The van der Waals surface area contributed by atoms with E-state index >= 15 is 0 Å². The van der Waals surface area contributed by atoms with Gasteiger partial charge in [-0.25, -0.2) is 0 Å². The summed E-state index contributed by atoms with van der Waals surface area (Å²) < 4.78 is 0. The molecule has 1 amide bonds. The van der Waals surface area contributed by atoms with Crippen LogP contribution < -0.4 is 10.6 Å². The van der Waals surface area contributed by atoms with Crippen LogP contribution in [0.15, 0.2) is 18.2 Å². The summed E-state index contributed by atoms with van der Waals surface area (Å²) in [6.07, 6.45) is 1.30. The quantitative estimate of drug-likeness (QED) is 0.883. The number of benzene rings is 1. The van der Waals surface area contributed by atoms with E-state index in [9.17, 15) is 4.79 Å². The molecule has 1 aliphatic carbocycles. The number of carbonyl (C=O) groups is 1. The third kappa shape index (κ3) is 2.05. The molecule has 3 heteroatoms. The second-order valence-corrected chi connectivity index (χ2v) is 6.80. The number of anilines is 1. The maximum absolute atomic E-state index is 12.0. The molecule has 1 fully saturated rings. The van der Waals surface area contributed by atoms with E-state index in [4.69, 9.17) is 0 Å². The van der Waals surface area contributed by atoms with Gasteiger partial charge in [-0.1, -0.05) is 26.0 Å². The zero-order valence-corrected chi connectivity index (χ0v) is 12.8. The molecule has 0 radical (unpaired) electrons. The van der Waals surface area contributed by atoms with Crippen LogP contribution in [0.5, 0.6) is 0 Å². The van der Waals surface area contributed by atoms with Crippen LogP contribution in [-0.2, 0) is 10.2 Å². The minimum absolute atomic E-state index is 0.101. The summed E-state index contributed by atoms with van der Waals surface area (Å²) >= 11 is 0. The number of hydrogen-bond acceptors (Lipinski definition) is 2. The third-order valence-corrected chi connectivity index (χ3v) is 4.92. The number of hydrogen-bond donors (Lipinski definition) is 2. The molecular weight excluding hydrogens is 248 g/mol. The SMILES string of the molecule is CCNC(c1ccc2c(c1)C(C)(C)C(=O)N2)C1CC1C. The van der Waals surface area contributed by atoms with Crippen molar-refractivity contribution >= 4 is 11.6 Å². The summed E-state index contributed by atoms with van der Waals surface area (Å²) in [7, 11) is 0. The first kappa shape index (κ1) is 13.6. The second-order valence-electron chi connectivity index (χ2n) is 6.80. The molecule has 1 aromatic carbocycles. The van der Waals surface area contributed by atoms with Crippen LogP contribution in [-0.4, -0.2) is 12.5 Å². The minimum atomic E-state index is -0.419. The molecular formula is C17H24N2O. The molecule has 2 aliphatic rings. The maximum Gasteiger partial charge on any atom is 0.234 e. The predicted octanol–water partition coefficient (Wildman–Crippen LogP) is 3.22. The highest BCUT2D eigenvalue weighted by Gasteiger charge is 2.42. The first-order valence-electron chi connectivity index (χ1n) is 7.64. The smallest absolute Gasteiger partial charge is 0.234 e. The summed E-state index contributed by atoms with van der Waals surface area (Å²) in [5, 5.41) is 6.60. The van der Waals surface area contributed by atoms with E-state index in [2.05, 4.69) is 42.7 Å². The van der Waals surface area contributed by atoms with Crippen LogP contribution in [0.25, 0.3) is 0 Å². The molecule has 0 saturated heterocycles. The molecule has 1 aromatic rings. The molecule has 3 rings (SSSR count). The molecule has 1 aliphatic heterocycles. The highest BCUT2D eigenvalue weighted by Crippen LogP contribution is 2.48. The van der Waals surface area contributed by atoms with Crippen LogP contribution in [0.4, 0.5) is 5.69 Å². The summed E-state index contributed by atoms with van der Waals surface area (Å²) in [6.45, 7) is 9.45. The van der Waals surface area contributed by atoms with Crippen molar-refractivity contribution in [2.24, 2.45) is 11.8 Å². The fourth-order valence-corrected chi connectivity index (χ4v) is 3.33. The Morgan fingerprint density at radius 2 is 2.15 bits per heavy atom. The summed E-state index contributed by atoms with van der Waals surface area (Å²) in [5.74, 6) is 1.64. The van der Waals surface area contributed by atoms with Crippen LogP contribution in [0, 0.1) is 11.8 Å². The molecule has 3 nitrogen and oxygen atoms in total. The Bertz CT molecular complexity index is 550. The lowest BCUT2D eigenvalue weighted by Crippen LogP contribution is -2.27. The Kier molecular flexibility index (Phi) is 3.13. The predicted molar refractivity (Wildman–Crippen MR) is 81.8 cm³/mol. The van der Waals surface area contributed by atoms with Crippen molar-refractivity contribution in [3.63, 3.8) is 0 Å². The van der Waals surface area contributed by atoms with Gasteiger partial charge in [-0.2, -0.15) is 0 Å². The summed E-state index contributed by atoms with van der Waals surface area (Å²) in [5.41, 5.74) is 3.01. The van der Waals surface area contributed by atoms with Crippen molar-refractivity contribution in [1.29, 1.82) is 0 Å². The van der Waals surface area contributed by atoms with Crippen LogP contribution in [0.3, 0.4) is 0 Å². The zero-order chi connectivity index (χ0) is 14.5. The Morgan fingerprint density at radius 3 is 2.75 bits per heavy atom. The van der Waals surface area contributed by atoms with Gasteiger partial charge in [-0.15, -0.1) is 0 Å². The van der Waals surface area contributed by atoms with Crippen LogP contribution >= 0.6 is 0 Å². The molecule has 0 aromatic heterocycles. The highest BCUT2D eigenvalue weighted by molar-refractivity contribution is 6.05. The lowest BCUT2D eigenvalue weighted by atomic mass is 9.84. The fourth-order valence-electron chi connectivity index (χ4n) is 3.33. The Balaban J connectivity index is 1.96. The van der Waals surface area contributed by atoms with Crippen LogP contribution in [0.2, 0.25) is 0 Å². The van der Waals surface area contributed by atoms with Crippen molar-refractivity contribution in [1.82, 2.24) is 5.32 Å². The Labute approximate surface area is 121 Å². The molecule has 0 spiro atoms. The van der Waals surface area contributed by atoms with Gasteiger partial charge in [-0.05, 0) is 55.8 Å². The van der Waals surface area contributed by atoms with Crippen molar-refractivity contribution in [3.05, 3.63) is 29.3 Å². The van der Waals surface area contributed by atoms with Crippen molar-refractivity contribution in [3.8, 4) is 0 Å². The van der Waals surface area contributed by atoms with Gasteiger partial charge in [0.2, 0.25) is 5.91 Å². The van der Waals surface area contributed by atoms with E-state index in [-0.39, 0.29) is 5.91 Å². The summed E-state index contributed by atoms with van der Waals surface area (Å²) in [4.78, 5) is 12.0. The van der Waals surface area contributed by atoms with Gasteiger partial charge in [0.15, 0.2) is 0 Å². The number of nitrogens with one attached hydrogen (secondary N) is 2. The number of fused-ring (bicyclic) bond motifs is 1. The van der Waals surface area contributed by atoms with Gasteiger partial charge in [0.25, 0.3) is 0 Å². The monoisotopic (exact) mass is 272 g/mol. The van der Waals surface area contributed by atoms with Gasteiger partial charge in [0.1, 0.15) is 0 Å². The van der Waals surface area contributed by atoms with E-state index in [1.165, 1.54) is 12.0 Å². The molecule has 3 atom stereocenters. The van der Waals surface area contributed by atoms with Gasteiger partial charge in [-0.3, -0.25) is 4.79 Å². The molecule has 20 heavy (non-hydrogen) atoms. The molecule has 108 valence electrons. The molecule has 3 unspecified atom stereocenters. The fraction of sp³-hybridized carbons (Fsp3) is 0.588. The van der Waals surface area contributed by atoms with E-state index in [1.807, 2.05) is 13.8 Å². The minimum Gasteiger partial charge on any atom is -0.325 e. The average Bonchev–Trinajstić information content (AvgIpc) is 3.07. The number of rotatable bonds is 4. The largest absolute Gasteiger partial charge is 0.325 e. The van der Waals surface area contributed by atoms with Gasteiger partial charge in [0, 0.05) is 11.7 Å². The average molecular weight is 272 g/mol. The topological polar surface area (TPSA) is 41.1 Å². The van der Waals surface area contributed by atoms with Crippen molar-refractivity contribution < 1.29 is 4.79 Å². The van der Waals surface area contributed by atoms with Gasteiger partial charge >= 0.3 is 0 Å². The van der Waals surface area contributed by atoms with Crippen LogP contribution in [0.1, 0.15) is 51.3 Å². The van der Waals surface area contributed by atoms with E-state index < -0.39 is 5.41 Å². The third-order valence-electron chi connectivity index (χ3n) is 4.92. The van der Waals surface area contributed by atoms with E-state index in [0.717, 1.165) is 29.6 Å². The molecule has 2 N–H and O–H groups in total. The molecule has 1 saturated carbocycles. The summed E-state index contributed by atoms with van der Waals surface area (Å²) in [6, 6.07) is 6.88. The lowest BCUT2D eigenvalue weighted by Gasteiger charge is -2.21. The van der Waals surface area contributed by atoms with Crippen molar-refractivity contribution in [2.75, 3.05) is 11.9 Å².